The van der Waals surface area contributed by atoms with Crippen LogP contribution in [-0.2, 0) is 40.2 Å². The van der Waals surface area contributed by atoms with E-state index in [0.717, 1.165) is 35.1 Å². The first-order valence-corrected chi connectivity index (χ1v) is 37.7. The summed E-state index contributed by atoms with van der Waals surface area (Å²) in [6, 6.07) is 30.2. The van der Waals surface area contributed by atoms with Gasteiger partial charge in [-0.05, 0) is 0 Å². The summed E-state index contributed by atoms with van der Waals surface area (Å²) in [4.78, 5) is 0. The van der Waals surface area contributed by atoms with Crippen molar-refractivity contribution < 1.29 is 27.4 Å². The third-order valence-corrected chi connectivity index (χ3v) is 36.9. The Morgan fingerprint density at radius 3 is 1.06 bits per heavy atom. The van der Waals surface area contributed by atoms with E-state index in [4.69, 9.17) is 25.9 Å². The van der Waals surface area contributed by atoms with Crippen molar-refractivity contribution >= 4 is 46.2 Å². The van der Waals surface area contributed by atoms with Gasteiger partial charge in [0.1, 0.15) is 0 Å². The molecule has 0 aliphatic heterocycles. The van der Waals surface area contributed by atoms with Crippen LogP contribution < -0.4 is 0 Å². The number of benzene rings is 4. The van der Waals surface area contributed by atoms with Gasteiger partial charge in [0.25, 0.3) is 0 Å². The van der Waals surface area contributed by atoms with Crippen molar-refractivity contribution in [1.29, 1.82) is 0 Å². The van der Waals surface area contributed by atoms with Crippen molar-refractivity contribution in [2.75, 3.05) is 0 Å². The maximum absolute atomic E-state index is 7.60. The van der Waals surface area contributed by atoms with E-state index in [0.29, 0.717) is 0 Å². The zero-order valence-corrected chi connectivity index (χ0v) is 49.4. The number of hydrogen-bond acceptors (Lipinski definition) is 2. The van der Waals surface area contributed by atoms with Gasteiger partial charge in [-0.25, -0.2) is 0 Å². The normalized spacial score (nSPS) is 16.8. The van der Waals surface area contributed by atoms with Gasteiger partial charge in [0.05, 0.1) is 0 Å². The standard InChI is InChI=1S/C62H75O2Si.2ClH.Zr/c1-35-23-47-51(57(39(35)5)41-25-43(59(7,8)9)29-44(26-41)60(10,11)12)31-49(55-21-19-37(3)63-55)53(47)33-65-34-54-48-24-36(2)40(6)58(52(48)32-50(54)56-22-20-38(4)64-56)42-27-45(61(13,14)15)30-46(28-42)62(16,17)18;;;/h19-32,53-54,65H,33-34H2,1-18H3;2*1H;/q;;;+2/p-2. The van der Waals surface area contributed by atoms with E-state index in [1.807, 2.05) is 0 Å². The molecule has 2 heterocycles. The predicted molar refractivity (Wildman–Crippen MR) is 294 cm³/mol. The van der Waals surface area contributed by atoms with Gasteiger partial charge < -0.3 is 0 Å². The van der Waals surface area contributed by atoms with Crippen LogP contribution in [-0.4, -0.2) is 5.92 Å². The predicted octanol–water partition coefficient (Wildman–Crippen LogP) is 18.9. The number of furan rings is 2. The second-order valence-corrected chi connectivity index (χ2v) is 48.1. The zero-order valence-electron chi connectivity index (χ0n) is 44.3. The molecule has 0 radical (unpaired) electrons. The van der Waals surface area contributed by atoms with Gasteiger partial charge in [-0.1, -0.05) is 0 Å². The summed E-state index contributed by atoms with van der Waals surface area (Å²) in [6.45, 7) is 41.3. The molecule has 0 fully saturated rings. The third-order valence-electron chi connectivity index (χ3n) is 15.2. The first-order chi connectivity index (χ1) is 31.5. The van der Waals surface area contributed by atoms with E-state index in [1.54, 1.807) is 0 Å². The molecule has 2 atom stereocenters. The Morgan fingerprint density at radius 1 is 0.471 bits per heavy atom. The number of allylic oxidation sites excluding steroid dienone is 2. The summed E-state index contributed by atoms with van der Waals surface area (Å²) < 4.78 is 13.2. The van der Waals surface area contributed by atoms with Crippen molar-refractivity contribution in [1.82, 2.24) is 0 Å². The van der Waals surface area contributed by atoms with Crippen LogP contribution in [0.5, 0.6) is 0 Å². The van der Waals surface area contributed by atoms with Gasteiger partial charge in [0.15, 0.2) is 0 Å². The molecule has 2 aromatic heterocycles. The molecule has 68 heavy (non-hydrogen) atoms. The van der Waals surface area contributed by atoms with E-state index >= 15 is 0 Å². The van der Waals surface area contributed by atoms with Crippen molar-refractivity contribution in [3.05, 3.63) is 163 Å². The molecule has 0 bridgehead atoms. The second-order valence-electron chi connectivity index (χ2n) is 24.6. The fourth-order valence-corrected chi connectivity index (χ4v) is 25.8. The molecule has 0 N–H and O–H groups in total. The molecule has 2 nitrogen and oxygen atoms in total. The van der Waals surface area contributed by atoms with Crippen LogP contribution in [0, 0.1) is 41.5 Å². The molecule has 2 aliphatic carbocycles. The summed E-state index contributed by atoms with van der Waals surface area (Å²) in [5.41, 5.74) is 23.9. The third kappa shape index (κ3) is 9.94. The SMILES string of the molecule is Cc1ccc(C2=Cc3c(cc(C)c(C)c3-c3cc(C(C)(C)C)cc(C(C)(C)C)c3)C2C[SiH](CC2C(c3ccc(C)o3)=Cc3c2cc(C)c(C)c3-c2cc(C(C)(C)C)cc(C(C)(C)C)c2)[Zr]([Cl])[Cl])o1. The average molecular weight is 1040 g/mol. The van der Waals surface area contributed by atoms with Gasteiger partial charge in [-0.2, -0.15) is 0 Å². The molecule has 0 saturated carbocycles. The molecule has 8 rings (SSSR count). The van der Waals surface area contributed by atoms with Gasteiger partial charge in [0, 0.05) is 0 Å². The topological polar surface area (TPSA) is 26.3 Å². The molecule has 0 amide bonds. The van der Waals surface area contributed by atoms with Crippen molar-refractivity contribution in [3.63, 3.8) is 0 Å². The fraction of sp³-hybridized carbons (Fsp3) is 0.419. The van der Waals surface area contributed by atoms with Crippen LogP contribution in [0.2, 0.25) is 12.1 Å². The Hall–Kier alpha value is -3.40. The number of fused-ring (bicyclic) bond motifs is 2. The van der Waals surface area contributed by atoms with Crippen LogP contribution in [0.1, 0.15) is 185 Å². The minimum absolute atomic E-state index is 0.00242. The Labute approximate surface area is 425 Å². The van der Waals surface area contributed by atoms with Crippen LogP contribution in [0.25, 0.3) is 45.6 Å². The van der Waals surface area contributed by atoms with E-state index in [2.05, 4.69) is 210 Å². The summed E-state index contributed by atoms with van der Waals surface area (Å²) in [6.07, 6.45) is 4.94. The molecule has 2 aliphatic rings. The Bertz CT molecular complexity index is 2740. The molecule has 0 saturated heterocycles. The molecule has 4 aromatic carbocycles. The van der Waals surface area contributed by atoms with E-state index in [-0.39, 0.29) is 33.5 Å². The summed E-state index contributed by atoms with van der Waals surface area (Å²) in [5, 5.41) is 0. The maximum atomic E-state index is 7.60. The van der Waals surface area contributed by atoms with Crippen LogP contribution in [0.15, 0.2) is 81.6 Å². The number of aryl methyl sites for hydroxylation is 4. The van der Waals surface area contributed by atoms with E-state index < -0.39 is 24.4 Å². The molecule has 357 valence electrons. The first kappa shape index (κ1) is 51.0. The van der Waals surface area contributed by atoms with Crippen LogP contribution in [0.4, 0.5) is 0 Å². The summed E-state index contributed by atoms with van der Waals surface area (Å²) >= 11 is -2.89. The van der Waals surface area contributed by atoms with Crippen molar-refractivity contribution in [2.45, 2.75) is 170 Å². The molecular weight excluding hydrogens is 967 g/mol. The number of halogens is 2. The number of rotatable bonds is 9. The Kier molecular flexibility index (Phi) is 13.7. The summed E-state index contributed by atoms with van der Waals surface area (Å²) in [7, 11) is 15.2. The first-order valence-electron chi connectivity index (χ1n) is 24.9. The Morgan fingerprint density at radius 2 is 0.794 bits per heavy atom. The summed E-state index contributed by atoms with van der Waals surface area (Å²) in [5.74, 6) is 2.15. The van der Waals surface area contributed by atoms with Gasteiger partial charge in [-0.3, -0.25) is 0 Å². The van der Waals surface area contributed by atoms with Crippen molar-refractivity contribution in [3.8, 4) is 22.3 Å². The molecule has 6 heteroatoms. The van der Waals surface area contributed by atoms with Gasteiger partial charge in [-0.15, -0.1) is 0 Å². The van der Waals surface area contributed by atoms with Gasteiger partial charge in [0.2, 0.25) is 0 Å². The quantitative estimate of drug-likeness (QED) is 0.135. The minimum atomic E-state index is -2.89. The molecule has 2 unspecified atom stereocenters. The molecule has 6 aromatic rings. The molecule has 0 spiro atoms. The fourth-order valence-electron chi connectivity index (χ4n) is 10.7. The van der Waals surface area contributed by atoms with Crippen LogP contribution >= 0.6 is 17.0 Å². The van der Waals surface area contributed by atoms with E-state index in [1.165, 1.54) is 100 Å². The number of hydrogen-bond donors (Lipinski definition) is 0. The monoisotopic (exact) mass is 1040 g/mol. The molecular formula is C62H75Cl2O2SiZr. The van der Waals surface area contributed by atoms with E-state index in [9.17, 15) is 0 Å². The second kappa shape index (κ2) is 18.3. The van der Waals surface area contributed by atoms with Gasteiger partial charge >= 0.3 is 429 Å². The van der Waals surface area contributed by atoms with Crippen molar-refractivity contribution in [2.24, 2.45) is 0 Å². The average Bonchev–Trinajstić information content (AvgIpc) is 4.02. The zero-order chi connectivity index (χ0) is 49.7. The Balaban J connectivity index is 1.29. The van der Waals surface area contributed by atoms with Crippen LogP contribution in [0.3, 0.4) is 0 Å².